The van der Waals surface area contributed by atoms with Crippen molar-refractivity contribution < 1.29 is 4.79 Å². The van der Waals surface area contributed by atoms with Gasteiger partial charge in [0.2, 0.25) is 0 Å². The molecule has 3 nitrogen and oxygen atoms in total. The van der Waals surface area contributed by atoms with E-state index in [9.17, 15) is 4.79 Å². The molecule has 0 aliphatic carbocycles. The first kappa shape index (κ1) is 15.4. The fourth-order valence-corrected chi connectivity index (χ4v) is 2.82. The molecule has 0 saturated carbocycles. The zero-order valence-corrected chi connectivity index (χ0v) is 13.4. The topological polar surface area (TPSA) is 46.3 Å². The summed E-state index contributed by atoms with van der Waals surface area (Å²) in [5.74, 6) is 0.0230. The van der Waals surface area contributed by atoms with Crippen LogP contribution in [0.4, 0.5) is 5.69 Å². The quantitative estimate of drug-likeness (QED) is 0.689. The van der Waals surface area contributed by atoms with Crippen LogP contribution in [-0.2, 0) is 0 Å². The highest BCUT2D eigenvalue weighted by atomic mass is 32.2. The minimum absolute atomic E-state index is 0.0230. The number of hydrogen-bond donors (Lipinski definition) is 1. The molecular weight excluding hydrogens is 280 g/mol. The van der Waals surface area contributed by atoms with Gasteiger partial charge >= 0.3 is 0 Å². The SMILES string of the molecule is CSc1ccccc1C(=O)N(C)C(C)c1cccc(N)c1. The van der Waals surface area contributed by atoms with Gasteiger partial charge in [0, 0.05) is 17.6 Å². The molecule has 4 heteroatoms. The lowest BCUT2D eigenvalue weighted by Crippen LogP contribution is -2.30. The first-order valence-electron chi connectivity index (χ1n) is 6.80. The first-order chi connectivity index (χ1) is 10.0. The first-order valence-corrected chi connectivity index (χ1v) is 8.02. The van der Waals surface area contributed by atoms with Crippen molar-refractivity contribution in [2.24, 2.45) is 0 Å². The average Bonchev–Trinajstić information content (AvgIpc) is 2.52. The number of nitrogen functional groups attached to an aromatic ring is 1. The van der Waals surface area contributed by atoms with Crippen molar-refractivity contribution in [3.8, 4) is 0 Å². The van der Waals surface area contributed by atoms with Crippen molar-refractivity contribution in [1.82, 2.24) is 4.90 Å². The summed E-state index contributed by atoms with van der Waals surface area (Å²) in [7, 11) is 1.83. The number of thioether (sulfide) groups is 1. The Labute approximate surface area is 130 Å². The summed E-state index contributed by atoms with van der Waals surface area (Å²) in [6.45, 7) is 2.01. The summed E-state index contributed by atoms with van der Waals surface area (Å²) >= 11 is 1.58. The molecule has 2 rings (SSSR count). The lowest BCUT2D eigenvalue weighted by atomic mass is 10.1. The van der Waals surface area contributed by atoms with Gasteiger partial charge in [-0.05, 0) is 43.0 Å². The van der Waals surface area contributed by atoms with Gasteiger partial charge in [-0.1, -0.05) is 24.3 Å². The van der Waals surface area contributed by atoms with Crippen LogP contribution in [0.5, 0.6) is 0 Å². The van der Waals surface area contributed by atoms with Crippen LogP contribution in [-0.4, -0.2) is 24.1 Å². The standard InChI is InChI=1S/C17H20N2OS/c1-12(13-7-6-8-14(18)11-13)19(2)17(20)15-9-4-5-10-16(15)21-3/h4-12H,18H2,1-3H3. The Kier molecular flexibility index (Phi) is 4.91. The van der Waals surface area contributed by atoms with Crippen LogP contribution in [0.2, 0.25) is 0 Å². The molecule has 1 atom stereocenters. The van der Waals surface area contributed by atoms with Crippen molar-refractivity contribution in [3.63, 3.8) is 0 Å². The van der Waals surface area contributed by atoms with E-state index in [4.69, 9.17) is 5.73 Å². The molecule has 0 heterocycles. The Bertz CT molecular complexity index is 642. The van der Waals surface area contributed by atoms with Gasteiger partial charge in [-0.2, -0.15) is 0 Å². The number of amides is 1. The van der Waals surface area contributed by atoms with E-state index in [2.05, 4.69) is 0 Å². The Morgan fingerprint density at radius 1 is 1.19 bits per heavy atom. The van der Waals surface area contributed by atoms with E-state index in [-0.39, 0.29) is 11.9 Å². The largest absolute Gasteiger partial charge is 0.399 e. The van der Waals surface area contributed by atoms with Crippen molar-refractivity contribution in [1.29, 1.82) is 0 Å². The smallest absolute Gasteiger partial charge is 0.255 e. The maximum absolute atomic E-state index is 12.7. The van der Waals surface area contributed by atoms with Crippen LogP contribution >= 0.6 is 11.8 Å². The molecule has 0 aromatic heterocycles. The Balaban J connectivity index is 2.26. The van der Waals surface area contributed by atoms with Crippen LogP contribution in [0.15, 0.2) is 53.4 Å². The summed E-state index contributed by atoms with van der Waals surface area (Å²) < 4.78 is 0. The van der Waals surface area contributed by atoms with Gasteiger partial charge in [0.05, 0.1) is 11.6 Å². The molecule has 110 valence electrons. The normalized spacial score (nSPS) is 12.0. The van der Waals surface area contributed by atoms with Crippen molar-refractivity contribution >= 4 is 23.4 Å². The van der Waals surface area contributed by atoms with Gasteiger partial charge in [0.1, 0.15) is 0 Å². The van der Waals surface area contributed by atoms with Crippen LogP contribution in [0.1, 0.15) is 28.9 Å². The summed E-state index contributed by atoms with van der Waals surface area (Å²) in [6.07, 6.45) is 1.98. The fourth-order valence-electron chi connectivity index (χ4n) is 2.23. The van der Waals surface area contributed by atoms with E-state index in [0.717, 1.165) is 16.0 Å². The molecule has 0 radical (unpaired) electrons. The summed E-state index contributed by atoms with van der Waals surface area (Å²) in [6, 6.07) is 15.3. The zero-order chi connectivity index (χ0) is 15.4. The lowest BCUT2D eigenvalue weighted by Gasteiger charge is -2.26. The number of anilines is 1. The molecule has 0 bridgehead atoms. The molecular formula is C17H20N2OS. The maximum Gasteiger partial charge on any atom is 0.255 e. The second-order valence-corrected chi connectivity index (χ2v) is 5.81. The van der Waals surface area contributed by atoms with Crippen molar-refractivity contribution in [2.45, 2.75) is 17.9 Å². The van der Waals surface area contributed by atoms with E-state index >= 15 is 0 Å². The van der Waals surface area contributed by atoms with E-state index < -0.39 is 0 Å². The monoisotopic (exact) mass is 300 g/mol. The number of rotatable bonds is 4. The number of nitrogens with two attached hydrogens (primary N) is 1. The van der Waals surface area contributed by atoms with E-state index in [1.165, 1.54) is 0 Å². The second-order valence-electron chi connectivity index (χ2n) is 4.96. The molecule has 21 heavy (non-hydrogen) atoms. The Hall–Kier alpha value is -1.94. The predicted molar refractivity (Wildman–Crippen MR) is 89.6 cm³/mol. The number of carbonyl (C=O) groups excluding carboxylic acids is 1. The van der Waals surface area contributed by atoms with Crippen LogP contribution in [0, 0.1) is 0 Å². The van der Waals surface area contributed by atoms with Crippen molar-refractivity contribution in [3.05, 3.63) is 59.7 Å². The maximum atomic E-state index is 12.7. The second kappa shape index (κ2) is 6.68. The lowest BCUT2D eigenvalue weighted by molar-refractivity contribution is 0.0739. The van der Waals surface area contributed by atoms with Gasteiger partial charge in [0.15, 0.2) is 0 Å². The molecule has 0 spiro atoms. The molecule has 1 amide bonds. The minimum atomic E-state index is -0.0316. The number of nitrogens with zero attached hydrogens (tertiary/aromatic N) is 1. The Morgan fingerprint density at radius 3 is 2.57 bits per heavy atom. The fraction of sp³-hybridized carbons (Fsp3) is 0.235. The van der Waals surface area contributed by atoms with Crippen molar-refractivity contribution in [2.75, 3.05) is 19.0 Å². The number of carbonyl (C=O) groups is 1. The summed E-state index contributed by atoms with van der Waals surface area (Å²) in [4.78, 5) is 15.5. The van der Waals surface area contributed by atoms with Gasteiger partial charge in [-0.25, -0.2) is 0 Å². The van der Waals surface area contributed by atoms with Crippen LogP contribution < -0.4 is 5.73 Å². The molecule has 2 aromatic rings. The van der Waals surface area contributed by atoms with Gasteiger partial charge in [-0.15, -0.1) is 11.8 Å². The highest BCUT2D eigenvalue weighted by Crippen LogP contribution is 2.26. The molecule has 0 aliphatic heterocycles. The molecule has 0 aliphatic rings. The number of benzene rings is 2. The van der Waals surface area contributed by atoms with Gasteiger partial charge in [-0.3, -0.25) is 4.79 Å². The van der Waals surface area contributed by atoms with E-state index in [1.807, 2.05) is 68.8 Å². The summed E-state index contributed by atoms with van der Waals surface area (Å²) in [5.41, 5.74) is 8.31. The molecule has 0 saturated heterocycles. The predicted octanol–water partition coefficient (Wildman–Crippen LogP) is 3.82. The van der Waals surface area contributed by atoms with Gasteiger partial charge < -0.3 is 10.6 Å². The highest BCUT2D eigenvalue weighted by molar-refractivity contribution is 7.98. The van der Waals surface area contributed by atoms with E-state index in [0.29, 0.717) is 5.69 Å². The molecule has 2 aromatic carbocycles. The third-order valence-corrected chi connectivity index (χ3v) is 4.43. The summed E-state index contributed by atoms with van der Waals surface area (Å²) in [5, 5.41) is 0. The molecule has 0 fully saturated rings. The minimum Gasteiger partial charge on any atom is -0.399 e. The third-order valence-electron chi connectivity index (χ3n) is 3.63. The van der Waals surface area contributed by atoms with Gasteiger partial charge in [0.25, 0.3) is 5.91 Å². The van der Waals surface area contributed by atoms with E-state index in [1.54, 1.807) is 16.7 Å². The molecule has 2 N–H and O–H groups in total. The third kappa shape index (κ3) is 3.39. The highest BCUT2D eigenvalue weighted by Gasteiger charge is 2.20. The zero-order valence-electron chi connectivity index (χ0n) is 12.5. The average molecular weight is 300 g/mol. The molecule has 1 unspecified atom stereocenters. The van der Waals surface area contributed by atoms with Crippen LogP contribution in [0.25, 0.3) is 0 Å². The van der Waals surface area contributed by atoms with Crippen LogP contribution in [0.3, 0.4) is 0 Å². The number of hydrogen-bond acceptors (Lipinski definition) is 3. The Morgan fingerprint density at radius 2 is 1.90 bits per heavy atom.